The van der Waals surface area contributed by atoms with Crippen molar-refractivity contribution < 1.29 is 4.39 Å². The highest BCUT2D eigenvalue weighted by Crippen LogP contribution is 2.22. The second-order valence-corrected chi connectivity index (χ2v) is 4.43. The smallest absolute Gasteiger partial charge is 0.0997 e. The lowest BCUT2D eigenvalue weighted by Gasteiger charge is -2.09. The Labute approximate surface area is 93.7 Å². The minimum Gasteiger partial charge on any atom is -0.250 e. The Morgan fingerprint density at radius 1 is 1.36 bits per heavy atom. The minimum atomic E-state index is -0.373. The van der Waals surface area contributed by atoms with Gasteiger partial charge in [-0.1, -0.05) is 42.3 Å². The van der Waals surface area contributed by atoms with Crippen LogP contribution in [-0.4, -0.2) is 6.67 Å². The van der Waals surface area contributed by atoms with E-state index in [9.17, 15) is 4.39 Å². The molecule has 0 aromatic heterocycles. The molecule has 77 valence electrons. The Morgan fingerprint density at radius 3 is 2.64 bits per heavy atom. The predicted octanol–water partition coefficient (Wildman–Crippen LogP) is 4.31. The van der Waals surface area contributed by atoms with Gasteiger partial charge in [0.25, 0.3) is 0 Å². The molecule has 0 bridgehead atoms. The van der Waals surface area contributed by atoms with Crippen LogP contribution in [0.5, 0.6) is 0 Å². The number of rotatable bonds is 4. The summed E-state index contributed by atoms with van der Waals surface area (Å²) in [5.74, 6) is 0.795. The van der Waals surface area contributed by atoms with E-state index < -0.39 is 0 Å². The van der Waals surface area contributed by atoms with Crippen LogP contribution in [0, 0.1) is 5.92 Å². The van der Waals surface area contributed by atoms with Crippen LogP contribution < -0.4 is 0 Å². The van der Waals surface area contributed by atoms with Gasteiger partial charge in [-0.15, -0.1) is 0 Å². The van der Waals surface area contributed by atoms with Gasteiger partial charge in [-0.25, -0.2) is 0 Å². The maximum Gasteiger partial charge on any atom is 0.0997 e. The number of aryl methyl sites for hydroxylation is 1. The number of benzene rings is 1. The molecular formula is C12H15BrF. The monoisotopic (exact) mass is 257 g/mol. The Bertz CT molecular complexity index is 296. The Hall–Kier alpha value is -0.370. The van der Waals surface area contributed by atoms with Crippen LogP contribution in [0.3, 0.4) is 0 Å². The van der Waals surface area contributed by atoms with Gasteiger partial charge in [0.1, 0.15) is 0 Å². The molecule has 0 aliphatic carbocycles. The quantitative estimate of drug-likeness (QED) is 0.754. The fourth-order valence-corrected chi connectivity index (χ4v) is 1.95. The second-order valence-electron chi connectivity index (χ2n) is 3.51. The van der Waals surface area contributed by atoms with E-state index in [1.165, 1.54) is 5.56 Å². The molecule has 14 heavy (non-hydrogen) atoms. The maximum atomic E-state index is 12.5. The first-order valence-electron chi connectivity index (χ1n) is 4.85. The van der Waals surface area contributed by atoms with Crippen molar-refractivity contribution in [3.63, 3.8) is 0 Å². The Morgan fingerprint density at radius 2 is 2.07 bits per heavy atom. The van der Waals surface area contributed by atoms with Crippen LogP contribution in [-0.2, 0) is 6.42 Å². The van der Waals surface area contributed by atoms with E-state index in [1.54, 1.807) is 0 Å². The summed E-state index contributed by atoms with van der Waals surface area (Å²) in [6, 6.07) is 6.13. The molecule has 1 radical (unpaired) electrons. The summed E-state index contributed by atoms with van der Waals surface area (Å²) in [7, 11) is 0. The topological polar surface area (TPSA) is 0 Å². The molecule has 0 saturated carbocycles. The van der Waals surface area contributed by atoms with Crippen LogP contribution in [0.15, 0.2) is 22.7 Å². The molecule has 1 aromatic carbocycles. The minimum absolute atomic E-state index is 0.373. The first kappa shape index (κ1) is 11.7. The fourth-order valence-electron chi connectivity index (χ4n) is 1.41. The molecule has 0 heterocycles. The van der Waals surface area contributed by atoms with Crippen LogP contribution in [0.2, 0.25) is 0 Å². The summed E-state index contributed by atoms with van der Waals surface area (Å²) in [5, 5.41) is 0. The highest BCUT2D eigenvalue weighted by molar-refractivity contribution is 9.10. The Kier molecular flexibility index (Phi) is 4.59. The molecule has 0 aliphatic heterocycles. The normalized spacial score (nSPS) is 10.9. The van der Waals surface area contributed by atoms with Crippen LogP contribution in [0.25, 0.3) is 0 Å². The lowest BCUT2D eigenvalue weighted by atomic mass is 9.99. The van der Waals surface area contributed by atoms with Gasteiger partial charge in [0, 0.05) is 10.4 Å². The first-order valence-corrected chi connectivity index (χ1v) is 5.65. The molecule has 0 saturated heterocycles. The standard InChI is InChI=1S/C12H15BrF/c1-3-4-10-5-11(9(2)8-14)7-12(13)6-10/h5-7H,3-4,8H2,1-2H3. The van der Waals surface area contributed by atoms with Gasteiger partial charge in [0.15, 0.2) is 0 Å². The molecule has 0 spiro atoms. The largest absolute Gasteiger partial charge is 0.250 e. The van der Waals surface area contributed by atoms with Crippen LogP contribution >= 0.6 is 15.9 Å². The van der Waals surface area contributed by atoms with Gasteiger partial charge in [0.05, 0.1) is 6.67 Å². The average molecular weight is 258 g/mol. The molecular weight excluding hydrogens is 243 g/mol. The SMILES string of the molecule is CCCc1cc(Br)cc([C](C)CF)c1. The van der Waals surface area contributed by atoms with E-state index in [1.807, 2.05) is 13.0 Å². The molecule has 1 rings (SSSR count). The molecule has 0 N–H and O–H groups in total. The summed E-state index contributed by atoms with van der Waals surface area (Å²) in [4.78, 5) is 0. The molecule has 0 fully saturated rings. The molecule has 0 unspecified atom stereocenters. The number of alkyl halides is 1. The van der Waals surface area contributed by atoms with Gasteiger partial charge < -0.3 is 0 Å². The lowest BCUT2D eigenvalue weighted by Crippen LogP contribution is -1.98. The summed E-state index contributed by atoms with van der Waals surface area (Å²) in [6.07, 6.45) is 2.16. The zero-order chi connectivity index (χ0) is 10.6. The van der Waals surface area contributed by atoms with Crippen molar-refractivity contribution in [2.24, 2.45) is 0 Å². The summed E-state index contributed by atoms with van der Waals surface area (Å²) in [6.45, 7) is 3.60. The number of hydrogen-bond donors (Lipinski definition) is 0. The van der Waals surface area contributed by atoms with Crippen molar-refractivity contribution in [1.82, 2.24) is 0 Å². The lowest BCUT2D eigenvalue weighted by molar-refractivity contribution is 0.516. The van der Waals surface area contributed by atoms with Gasteiger partial charge in [0.2, 0.25) is 0 Å². The third kappa shape index (κ3) is 3.09. The van der Waals surface area contributed by atoms with E-state index in [0.29, 0.717) is 0 Å². The maximum absolute atomic E-state index is 12.5. The van der Waals surface area contributed by atoms with Crippen molar-refractivity contribution in [3.8, 4) is 0 Å². The fraction of sp³-hybridized carbons (Fsp3) is 0.417. The molecule has 2 heteroatoms. The van der Waals surface area contributed by atoms with Crippen molar-refractivity contribution in [3.05, 3.63) is 39.7 Å². The third-order valence-electron chi connectivity index (χ3n) is 2.19. The molecule has 0 aliphatic rings. The second kappa shape index (κ2) is 5.50. The van der Waals surface area contributed by atoms with Gasteiger partial charge in [-0.05, 0) is 29.7 Å². The summed E-state index contributed by atoms with van der Waals surface area (Å²) in [5.41, 5.74) is 2.27. The number of halogens is 2. The van der Waals surface area contributed by atoms with E-state index in [4.69, 9.17) is 0 Å². The third-order valence-corrected chi connectivity index (χ3v) is 2.65. The molecule has 1 aromatic rings. The molecule has 0 atom stereocenters. The summed E-state index contributed by atoms with van der Waals surface area (Å²) >= 11 is 3.44. The predicted molar refractivity (Wildman–Crippen MR) is 62.1 cm³/mol. The highest BCUT2D eigenvalue weighted by Gasteiger charge is 2.07. The zero-order valence-corrected chi connectivity index (χ0v) is 10.2. The molecule has 0 amide bonds. The van der Waals surface area contributed by atoms with Crippen LogP contribution in [0.1, 0.15) is 31.4 Å². The van der Waals surface area contributed by atoms with Gasteiger partial charge >= 0.3 is 0 Å². The number of hydrogen-bond acceptors (Lipinski definition) is 0. The van der Waals surface area contributed by atoms with E-state index in [0.717, 1.165) is 28.8 Å². The first-order chi connectivity index (χ1) is 6.67. The van der Waals surface area contributed by atoms with Crippen molar-refractivity contribution in [1.29, 1.82) is 0 Å². The van der Waals surface area contributed by atoms with E-state index in [2.05, 4.69) is 35.0 Å². The van der Waals surface area contributed by atoms with Crippen molar-refractivity contribution in [2.75, 3.05) is 6.67 Å². The zero-order valence-electron chi connectivity index (χ0n) is 8.61. The highest BCUT2D eigenvalue weighted by atomic mass is 79.9. The Balaban J connectivity index is 2.94. The molecule has 0 nitrogen and oxygen atoms in total. The van der Waals surface area contributed by atoms with Crippen molar-refractivity contribution >= 4 is 15.9 Å². The van der Waals surface area contributed by atoms with E-state index >= 15 is 0 Å². The van der Waals surface area contributed by atoms with Gasteiger partial charge in [-0.3, -0.25) is 4.39 Å². The van der Waals surface area contributed by atoms with Crippen molar-refractivity contribution in [2.45, 2.75) is 26.7 Å². The summed E-state index contributed by atoms with van der Waals surface area (Å²) < 4.78 is 13.5. The van der Waals surface area contributed by atoms with Gasteiger partial charge in [-0.2, -0.15) is 0 Å². The van der Waals surface area contributed by atoms with Crippen LogP contribution in [0.4, 0.5) is 4.39 Å². The average Bonchev–Trinajstić information content (AvgIpc) is 2.16. The van der Waals surface area contributed by atoms with E-state index in [-0.39, 0.29) is 6.67 Å².